The second-order valence-corrected chi connectivity index (χ2v) is 11.3. The van der Waals surface area contributed by atoms with E-state index in [-0.39, 0.29) is 23.7 Å². The van der Waals surface area contributed by atoms with Crippen LogP contribution in [0.1, 0.15) is 67.6 Å². The molecular formula is C38H26F3N3O3. The molecule has 0 saturated carbocycles. The van der Waals surface area contributed by atoms with Crippen molar-refractivity contribution in [3.05, 3.63) is 154 Å². The fourth-order valence-corrected chi connectivity index (χ4v) is 6.38. The van der Waals surface area contributed by atoms with Gasteiger partial charge in [0.05, 0.1) is 28.7 Å². The van der Waals surface area contributed by atoms with E-state index in [0.717, 1.165) is 55.9 Å². The molecule has 0 bridgehead atoms. The number of ketones is 1. The molecule has 0 saturated heterocycles. The minimum absolute atomic E-state index is 0.109. The van der Waals surface area contributed by atoms with Gasteiger partial charge in [-0.05, 0) is 74.5 Å². The molecule has 232 valence electrons. The Morgan fingerprint density at radius 2 is 1.53 bits per heavy atom. The van der Waals surface area contributed by atoms with Crippen LogP contribution >= 0.6 is 0 Å². The maximum Gasteiger partial charge on any atom is 0.416 e. The minimum atomic E-state index is -4.50. The lowest BCUT2D eigenvalue weighted by molar-refractivity contribution is -0.137. The smallest absolute Gasteiger partial charge is 0.416 e. The number of carboxylic acids is 1. The number of alkyl halides is 3. The minimum Gasteiger partial charge on any atom is -0.478 e. The van der Waals surface area contributed by atoms with E-state index < -0.39 is 23.6 Å². The van der Waals surface area contributed by atoms with Crippen LogP contribution in [0.4, 0.5) is 13.2 Å². The molecule has 1 aliphatic rings. The van der Waals surface area contributed by atoms with Crippen molar-refractivity contribution in [2.75, 3.05) is 0 Å². The Hall–Kier alpha value is -5.88. The molecule has 6 aromatic rings. The van der Waals surface area contributed by atoms with E-state index in [1.807, 2.05) is 36.4 Å². The second-order valence-electron chi connectivity index (χ2n) is 11.3. The molecule has 1 aromatic heterocycles. The van der Waals surface area contributed by atoms with E-state index in [1.54, 1.807) is 18.2 Å². The van der Waals surface area contributed by atoms with E-state index in [1.165, 1.54) is 24.8 Å². The fourth-order valence-electron chi connectivity index (χ4n) is 6.38. The van der Waals surface area contributed by atoms with E-state index in [2.05, 4.69) is 41.2 Å². The Labute approximate surface area is 267 Å². The maximum atomic E-state index is 13.7. The highest BCUT2D eigenvalue weighted by Crippen LogP contribution is 2.48. The van der Waals surface area contributed by atoms with Gasteiger partial charge >= 0.3 is 12.1 Å². The zero-order valence-corrected chi connectivity index (χ0v) is 25.0. The number of aromatic carboxylic acids is 1. The van der Waals surface area contributed by atoms with Crippen LogP contribution in [-0.2, 0) is 11.0 Å². The van der Waals surface area contributed by atoms with Gasteiger partial charge < -0.3 is 5.11 Å². The standard InChI is InChI=1S/C33H22F3NO.C5H4N2O2/c1-19-15-29-26(25-8-3-2-7-24(19)25)13-14-27-31(22-5-4-6-23(16-22)33(34,35)36)30(38)17-28(32(27)29)21-11-9-20(18-37)10-12-21;8-5(9)4-1-6-3-7-2-4/h2-16,28,31H,17H2,1H3;1-3H,(H,8,9). The highest BCUT2D eigenvalue weighted by atomic mass is 19.4. The van der Waals surface area contributed by atoms with Crippen LogP contribution < -0.4 is 0 Å². The van der Waals surface area contributed by atoms with Crippen LogP contribution in [0, 0.1) is 18.3 Å². The molecule has 6 nitrogen and oxygen atoms in total. The van der Waals surface area contributed by atoms with Gasteiger partial charge in [0.2, 0.25) is 0 Å². The summed E-state index contributed by atoms with van der Waals surface area (Å²) in [4.78, 5) is 30.9. The quantitative estimate of drug-likeness (QED) is 0.197. The number of Topliss-reactive ketones (excluding diaryl/α,β-unsaturated/α-hetero) is 1. The Morgan fingerprint density at radius 1 is 0.851 bits per heavy atom. The van der Waals surface area contributed by atoms with Crippen LogP contribution in [0.5, 0.6) is 0 Å². The van der Waals surface area contributed by atoms with Crippen molar-refractivity contribution < 1.29 is 27.9 Å². The molecule has 1 N–H and O–H groups in total. The third-order valence-corrected chi connectivity index (χ3v) is 8.51. The average Bonchev–Trinajstić information content (AvgIpc) is 3.08. The lowest BCUT2D eigenvalue weighted by Gasteiger charge is -2.33. The van der Waals surface area contributed by atoms with E-state index in [4.69, 9.17) is 5.11 Å². The number of aromatic nitrogens is 2. The molecule has 9 heteroatoms. The van der Waals surface area contributed by atoms with Gasteiger partial charge in [-0.25, -0.2) is 14.8 Å². The first kappa shape index (κ1) is 31.1. The number of fused-ring (bicyclic) bond motifs is 5. The monoisotopic (exact) mass is 629 g/mol. The van der Waals surface area contributed by atoms with Crippen molar-refractivity contribution in [2.45, 2.75) is 31.4 Å². The van der Waals surface area contributed by atoms with E-state index in [9.17, 15) is 28.0 Å². The SMILES string of the molecule is Cc1cc2c3c(ccc2c2ccccc12)C(c1cccc(C(F)(F)F)c1)C(=O)CC3c1ccc(C#N)cc1.O=C(O)c1cncnc1. The molecular weight excluding hydrogens is 603 g/mol. The number of hydrogen-bond donors (Lipinski definition) is 1. The number of aryl methyl sites for hydroxylation is 1. The van der Waals surface area contributed by atoms with Gasteiger partial charge in [-0.1, -0.05) is 72.8 Å². The third kappa shape index (κ3) is 6.06. The molecule has 0 aliphatic heterocycles. The van der Waals surface area contributed by atoms with Crippen LogP contribution in [0.3, 0.4) is 0 Å². The number of rotatable bonds is 3. The van der Waals surface area contributed by atoms with Gasteiger partial charge in [-0.2, -0.15) is 18.4 Å². The van der Waals surface area contributed by atoms with Gasteiger partial charge in [0.25, 0.3) is 0 Å². The lowest BCUT2D eigenvalue weighted by atomic mass is 9.69. The summed E-state index contributed by atoms with van der Waals surface area (Å²) in [7, 11) is 0. The molecule has 1 aliphatic carbocycles. The van der Waals surface area contributed by atoms with Gasteiger partial charge in [0, 0.05) is 24.7 Å². The fraction of sp³-hybridized carbons (Fsp3) is 0.132. The predicted octanol–water partition coefficient (Wildman–Crippen LogP) is 8.60. The van der Waals surface area contributed by atoms with Gasteiger partial charge in [0.1, 0.15) is 12.1 Å². The van der Waals surface area contributed by atoms with E-state index in [0.29, 0.717) is 11.1 Å². The van der Waals surface area contributed by atoms with Crippen molar-refractivity contribution in [1.82, 2.24) is 9.97 Å². The van der Waals surface area contributed by atoms with Crippen LogP contribution in [0.2, 0.25) is 0 Å². The highest BCUT2D eigenvalue weighted by molar-refractivity contribution is 6.11. The van der Waals surface area contributed by atoms with Crippen molar-refractivity contribution in [3.63, 3.8) is 0 Å². The largest absolute Gasteiger partial charge is 0.478 e. The summed E-state index contributed by atoms with van der Waals surface area (Å²) in [6, 6.07) is 28.7. The first-order chi connectivity index (χ1) is 22.6. The molecule has 0 amide bonds. The Bertz CT molecular complexity index is 2190. The number of carbonyl (C=O) groups excluding carboxylic acids is 1. The summed E-state index contributed by atoms with van der Waals surface area (Å²) >= 11 is 0. The number of hydrogen-bond acceptors (Lipinski definition) is 5. The summed E-state index contributed by atoms with van der Waals surface area (Å²) in [5.74, 6) is -2.20. The first-order valence-corrected chi connectivity index (χ1v) is 14.7. The predicted molar refractivity (Wildman–Crippen MR) is 171 cm³/mol. The second kappa shape index (κ2) is 12.5. The van der Waals surface area contributed by atoms with Crippen molar-refractivity contribution in [3.8, 4) is 6.07 Å². The van der Waals surface area contributed by atoms with Crippen molar-refractivity contribution in [1.29, 1.82) is 5.26 Å². The van der Waals surface area contributed by atoms with Gasteiger partial charge in [0.15, 0.2) is 0 Å². The Balaban J connectivity index is 0.000000373. The van der Waals surface area contributed by atoms with Gasteiger partial charge in [-0.15, -0.1) is 0 Å². The topological polar surface area (TPSA) is 104 Å². The summed E-state index contributed by atoms with van der Waals surface area (Å²) in [5, 5.41) is 21.8. The molecule has 2 unspecified atom stereocenters. The van der Waals surface area contributed by atoms with E-state index >= 15 is 0 Å². The number of benzene rings is 5. The summed E-state index contributed by atoms with van der Waals surface area (Å²) in [5.41, 5.74) is 3.91. The molecule has 5 aromatic carbocycles. The third-order valence-electron chi connectivity index (χ3n) is 8.51. The average molecular weight is 630 g/mol. The van der Waals surface area contributed by atoms with Crippen molar-refractivity contribution >= 4 is 33.3 Å². The molecule has 1 heterocycles. The summed E-state index contributed by atoms with van der Waals surface area (Å²) < 4.78 is 40.7. The van der Waals surface area contributed by atoms with Crippen LogP contribution in [-0.4, -0.2) is 26.8 Å². The maximum absolute atomic E-state index is 13.7. The zero-order chi connectivity index (χ0) is 33.3. The summed E-state index contributed by atoms with van der Waals surface area (Å²) in [6.45, 7) is 2.05. The first-order valence-electron chi connectivity index (χ1n) is 14.7. The normalized spacial score (nSPS) is 15.8. The Morgan fingerprint density at radius 3 is 2.17 bits per heavy atom. The summed E-state index contributed by atoms with van der Waals surface area (Å²) in [6.07, 6.45) is -0.567. The van der Waals surface area contributed by atoms with Crippen LogP contribution in [0.25, 0.3) is 21.5 Å². The number of carbonyl (C=O) groups is 2. The molecule has 47 heavy (non-hydrogen) atoms. The Kier molecular flexibility index (Phi) is 8.27. The number of halogens is 3. The molecule has 2 atom stereocenters. The van der Waals surface area contributed by atoms with Crippen molar-refractivity contribution in [2.24, 2.45) is 0 Å². The molecule has 0 spiro atoms. The number of nitriles is 1. The number of carboxylic acid groups (broad SMARTS) is 1. The molecule has 7 rings (SSSR count). The highest BCUT2D eigenvalue weighted by Gasteiger charge is 2.38. The van der Waals surface area contributed by atoms with Crippen LogP contribution in [0.15, 0.2) is 110 Å². The van der Waals surface area contributed by atoms with Gasteiger partial charge in [-0.3, -0.25) is 4.79 Å². The molecule has 0 radical (unpaired) electrons. The lowest BCUT2D eigenvalue weighted by Crippen LogP contribution is -2.26. The number of nitrogens with zero attached hydrogens (tertiary/aromatic N) is 3. The zero-order valence-electron chi connectivity index (χ0n) is 25.0. The molecule has 0 fully saturated rings.